The van der Waals surface area contributed by atoms with Crippen LogP contribution in [0.1, 0.15) is 25.2 Å². The van der Waals surface area contributed by atoms with Crippen molar-refractivity contribution in [2.24, 2.45) is 0 Å². The van der Waals surface area contributed by atoms with E-state index in [2.05, 4.69) is 59.2 Å². The summed E-state index contributed by atoms with van der Waals surface area (Å²) in [6.07, 6.45) is 1.98. The molecule has 0 spiro atoms. The number of hydrogen-bond donors (Lipinski definition) is 2. The van der Waals surface area contributed by atoms with Crippen molar-refractivity contribution in [2.45, 2.75) is 39.5 Å². The van der Waals surface area contributed by atoms with Gasteiger partial charge < -0.3 is 19.9 Å². The Bertz CT molecular complexity index is 1550. The Morgan fingerprint density at radius 3 is 2.72 bits per heavy atom. The van der Waals surface area contributed by atoms with Crippen molar-refractivity contribution in [2.75, 3.05) is 23.3 Å². The zero-order valence-corrected chi connectivity index (χ0v) is 21.1. The maximum absolute atomic E-state index is 6.13. The van der Waals surface area contributed by atoms with Gasteiger partial charge in [0.15, 0.2) is 17.0 Å². The van der Waals surface area contributed by atoms with Crippen LogP contribution >= 0.6 is 11.6 Å². The molecule has 1 saturated heterocycles. The summed E-state index contributed by atoms with van der Waals surface area (Å²) in [5.41, 5.74) is 5.39. The zero-order chi connectivity index (χ0) is 24.8. The second-order valence-corrected chi connectivity index (χ2v) is 9.80. The lowest BCUT2D eigenvalue weighted by molar-refractivity contribution is -0.00569. The Morgan fingerprint density at radius 1 is 1.08 bits per heavy atom. The number of morpholine rings is 1. The fourth-order valence-corrected chi connectivity index (χ4v) is 4.91. The topological polar surface area (TPSA) is 96.8 Å². The highest BCUT2D eigenvalue weighted by Gasteiger charge is 2.26. The predicted octanol–water partition coefficient (Wildman–Crippen LogP) is 4.88. The van der Waals surface area contributed by atoms with Crippen molar-refractivity contribution < 1.29 is 4.74 Å². The first kappa shape index (κ1) is 22.8. The second kappa shape index (κ2) is 9.07. The van der Waals surface area contributed by atoms with Crippen LogP contribution in [0.15, 0.2) is 48.8 Å². The van der Waals surface area contributed by atoms with Gasteiger partial charge in [0.2, 0.25) is 5.95 Å². The summed E-state index contributed by atoms with van der Waals surface area (Å²) in [6.45, 7) is 8.12. The third-order valence-corrected chi connectivity index (χ3v) is 6.52. The van der Waals surface area contributed by atoms with Crippen molar-refractivity contribution in [1.29, 1.82) is 0 Å². The number of rotatable bonds is 5. The van der Waals surface area contributed by atoms with E-state index in [9.17, 15) is 0 Å². The first-order chi connectivity index (χ1) is 17.4. The minimum Gasteiger partial charge on any atom is -0.372 e. The van der Waals surface area contributed by atoms with E-state index in [1.165, 1.54) is 5.56 Å². The maximum atomic E-state index is 6.13. The smallest absolute Gasteiger partial charge is 0.229 e. The van der Waals surface area contributed by atoms with Gasteiger partial charge in [-0.3, -0.25) is 4.57 Å². The van der Waals surface area contributed by atoms with E-state index in [0.717, 1.165) is 41.3 Å². The number of aromatic nitrogens is 6. The van der Waals surface area contributed by atoms with E-state index >= 15 is 0 Å². The fourth-order valence-electron chi connectivity index (χ4n) is 4.74. The minimum absolute atomic E-state index is 0.0912. The Balaban J connectivity index is 1.40. The molecule has 6 rings (SSSR count). The van der Waals surface area contributed by atoms with Crippen LogP contribution in [0.25, 0.3) is 27.9 Å². The molecule has 5 aromatic rings. The van der Waals surface area contributed by atoms with Crippen molar-refractivity contribution in [3.05, 3.63) is 65.2 Å². The summed E-state index contributed by atoms with van der Waals surface area (Å²) in [6, 6.07) is 13.9. The molecule has 0 saturated carbocycles. The summed E-state index contributed by atoms with van der Waals surface area (Å²) in [7, 11) is 0. The molecule has 36 heavy (non-hydrogen) atoms. The largest absolute Gasteiger partial charge is 0.372 e. The average Bonchev–Trinajstić information content (AvgIpc) is 3.45. The lowest BCUT2D eigenvalue weighted by Gasteiger charge is -2.35. The first-order valence-electron chi connectivity index (χ1n) is 12.0. The van der Waals surface area contributed by atoms with Crippen LogP contribution < -0.4 is 10.2 Å². The molecule has 1 fully saturated rings. The van der Waals surface area contributed by atoms with Crippen LogP contribution in [0.2, 0.25) is 5.02 Å². The second-order valence-electron chi connectivity index (χ2n) is 9.36. The highest BCUT2D eigenvalue weighted by Crippen LogP contribution is 2.27. The molecule has 0 radical (unpaired) electrons. The molecular formula is C26H27ClN8O. The van der Waals surface area contributed by atoms with E-state index in [0.29, 0.717) is 28.9 Å². The van der Waals surface area contributed by atoms with Crippen LogP contribution in [0, 0.1) is 6.92 Å². The van der Waals surface area contributed by atoms with Gasteiger partial charge in [-0.15, -0.1) is 0 Å². The first-order valence-corrected chi connectivity index (χ1v) is 12.4. The number of anilines is 2. The van der Waals surface area contributed by atoms with Gasteiger partial charge in [0.1, 0.15) is 12.2 Å². The summed E-state index contributed by atoms with van der Waals surface area (Å²) in [5, 5.41) is 4.10. The molecule has 3 aromatic heterocycles. The van der Waals surface area contributed by atoms with Crippen molar-refractivity contribution in [3.8, 4) is 5.69 Å². The molecule has 0 bridgehead atoms. The molecule has 184 valence electrons. The lowest BCUT2D eigenvalue weighted by atomic mass is 10.2. The monoisotopic (exact) mass is 502 g/mol. The number of imidazole rings is 2. The molecule has 1 aliphatic rings. The van der Waals surface area contributed by atoms with Gasteiger partial charge >= 0.3 is 0 Å². The zero-order valence-electron chi connectivity index (χ0n) is 20.4. The molecule has 10 heteroatoms. The van der Waals surface area contributed by atoms with Crippen molar-refractivity contribution in [3.63, 3.8) is 0 Å². The number of aromatic amines is 1. The van der Waals surface area contributed by atoms with Gasteiger partial charge in [-0.2, -0.15) is 9.97 Å². The van der Waals surface area contributed by atoms with Crippen LogP contribution in [0.5, 0.6) is 0 Å². The predicted molar refractivity (Wildman–Crippen MR) is 142 cm³/mol. The van der Waals surface area contributed by atoms with Crippen molar-refractivity contribution >= 4 is 45.6 Å². The number of ether oxygens (including phenoxy) is 1. The van der Waals surface area contributed by atoms with E-state index in [-0.39, 0.29) is 12.2 Å². The Hall–Kier alpha value is -3.69. The Labute approximate surface area is 213 Å². The molecule has 2 N–H and O–H groups in total. The molecule has 0 amide bonds. The standard InChI is InChI=1S/C26H27ClN8O/c1-15-5-4-6-19(9-15)35-14-29-23-24(28-11-22-30-20-8-7-18(27)10-21(20)31-22)32-26(33-25(23)35)34-12-16(2)36-17(3)13-34/h4-10,14,16-17H,11-13H2,1-3H3,(H,30,31)(H,28,32,33)/t16-,17+. The highest BCUT2D eigenvalue weighted by atomic mass is 35.5. The molecule has 0 aliphatic carbocycles. The lowest BCUT2D eigenvalue weighted by Crippen LogP contribution is -2.46. The highest BCUT2D eigenvalue weighted by molar-refractivity contribution is 6.31. The number of hydrogen-bond acceptors (Lipinski definition) is 7. The Kier molecular flexibility index (Phi) is 5.73. The molecule has 2 atom stereocenters. The molecule has 9 nitrogen and oxygen atoms in total. The van der Waals surface area contributed by atoms with Gasteiger partial charge in [-0.1, -0.05) is 23.7 Å². The molecule has 0 unspecified atom stereocenters. The third-order valence-electron chi connectivity index (χ3n) is 6.28. The Morgan fingerprint density at radius 2 is 1.92 bits per heavy atom. The van der Waals surface area contributed by atoms with Crippen LogP contribution in [-0.2, 0) is 11.3 Å². The van der Waals surface area contributed by atoms with Gasteiger partial charge in [-0.25, -0.2) is 9.97 Å². The molecule has 1 aliphatic heterocycles. The SMILES string of the molecule is Cc1cccc(-n2cnc3c(NCc4nc5cc(Cl)ccc5[nH]4)nc(N4C[C@@H](C)O[C@@H](C)C4)nc32)c1. The van der Waals surface area contributed by atoms with Gasteiger partial charge in [-0.05, 0) is 56.7 Å². The summed E-state index contributed by atoms with van der Waals surface area (Å²) in [4.78, 5) is 24.8. The summed E-state index contributed by atoms with van der Waals surface area (Å²) in [5.74, 6) is 2.09. The van der Waals surface area contributed by atoms with E-state index in [4.69, 9.17) is 31.3 Å². The quantitative estimate of drug-likeness (QED) is 0.353. The average molecular weight is 503 g/mol. The number of H-pyrrole nitrogens is 1. The van der Waals surface area contributed by atoms with Crippen LogP contribution in [0.4, 0.5) is 11.8 Å². The normalized spacial score (nSPS) is 18.3. The fraction of sp³-hybridized carbons (Fsp3) is 0.308. The third kappa shape index (κ3) is 4.36. The van der Waals surface area contributed by atoms with Gasteiger partial charge in [0.05, 0.1) is 29.8 Å². The number of nitrogens with zero attached hydrogens (tertiary/aromatic N) is 6. The molecule has 2 aromatic carbocycles. The van der Waals surface area contributed by atoms with Crippen LogP contribution in [-0.4, -0.2) is 54.8 Å². The molecule has 4 heterocycles. The van der Waals surface area contributed by atoms with Gasteiger partial charge in [0.25, 0.3) is 0 Å². The summed E-state index contributed by atoms with van der Waals surface area (Å²) < 4.78 is 7.95. The van der Waals surface area contributed by atoms with E-state index in [1.54, 1.807) is 6.33 Å². The van der Waals surface area contributed by atoms with E-state index in [1.807, 2.05) is 28.8 Å². The number of benzene rings is 2. The number of halogens is 1. The number of nitrogens with one attached hydrogen (secondary N) is 2. The number of fused-ring (bicyclic) bond motifs is 2. The van der Waals surface area contributed by atoms with Crippen LogP contribution in [0.3, 0.4) is 0 Å². The number of aryl methyl sites for hydroxylation is 1. The maximum Gasteiger partial charge on any atom is 0.229 e. The summed E-state index contributed by atoms with van der Waals surface area (Å²) >= 11 is 6.13. The van der Waals surface area contributed by atoms with Crippen molar-refractivity contribution in [1.82, 2.24) is 29.5 Å². The van der Waals surface area contributed by atoms with Gasteiger partial charge in [0, 0.05) is 23.8 Å². The van der Waals surface area contributed by atoms with E-state index < -0.39 is 0 Å². The minimum atomic E-state index is 0.0912. The molecular weight excluding hydrogens is 476 g/mol.